The van der Waals surface area contributed by atoms with Crippen LogP contribution < -0.4 is 15.4 Å². The molecule has 2 N–H and O–H groups in total. The fraction of sp³-hybridized carbons (Fsp3) is 0.455. The molecule has 5 heteroatoms. The second-order valence-electron chi connectivity index (χ2n) is 3.66. The molecule has 1 aliphatic rings. The van der Waals surface area contributed by atoms with Crippen molar-refractivity contribution in [1.82, 2.24) is 10.6 Å². The second-order valence-corrected chi connectivity index (χ2v) is 3.66. The molecular weight excluding hydrogens is 214 g/mol. The lowest BCUT2D eigenvalue weighted by Gasteiger charge is -2.25. The van der Waals surface area contributed by atoms with Crippen LogP contribution in [-0.2, 0) is 0 Å². The van der Waals surface area contributed by atoms with E-state index in [-0.39, 0.29) is 11.8 Å². The number of hydrogen-bond acceptors (Lipinski definition) is 3. The van der Waals surface area contributed by atoms with E-state index in [4.69, 9.17) is 0 Å². The van der Waals surface area contributed by atoms with Crippen molar-refractivity contribution in [3.63, 3.8) is 0 Å². The number of halogens is 2. The number of nitrogens with one attached hydrogen (secondary N) is 2. The van der Waals surface area contributed by atoms with Crippen LogP contribution in [0.25, 0.3) is 0 Å². The van der Waals surface area contributed by atoms with Gasteiger partial charge < -0.3 is 15.4 Å². The molecule has 0 unspecified atom stereocenters. The first-order chi connectivity index (χ1) is 7.75. The van der Waals surface area contributed by atoms with Crippen molar-refractivity contribution < 1.29 is 13.5 Å². The van der Waals surface area contributed by atoms with Gasteiger partial charge in [-0.1, -0.05) is 12.1 Å². The minimum Gasteiger partial charge on any atom is -0.435 e. The third-order valence-corrected chi connectivity index (χ3v) is 2.53. The molecule has 0 amide bonds. The number of alkyl halides is 2. The molecule has 2 rings (SSSR count). The van der Waals surface area contributed by atoms with Crippen molar-refractivity contribution >= 4 is 0 Å². The summed E-state index contributed by atoms with van der Waals surface area (Å²) in [6.45, 7) is -0.153. The normalized spacial score (nSPS) is 21.1. The average Bonchev–Trinajstić information content (AvgIpc) is 2.30. The average molecular weight is 228 g/mol. The van der Waals surface area contributed by atoms with Gasteiger partial charge in [-0.15, -0.1) is 0 Å². The fourth-order valence-electron chi connectivity index (χ4n) is 1.80. The van der Waals surface area contributed by atoms with Gasteiger partial charge in [-0.05, 0) is 17.7 Å². The number of ether oxygens (including phenoxy) is 1. The predicted octanol–water partition coefficient (Wildman–Crippen LogP) is 1.52. The minimum atomic E-state index is -2.77. The predicted molar refractivity (Wildman–Crippen MR) is 56.7 cm³/mol. The zero-order valence-corrected chi connectivity index (χ0v) is 8.75. The van der Waals surface area contributed by atoms with Gasteiger partial charge in [0.15, 0.2) is 0 Å². The third-order valence-electron chi connectivity index (χ3n) is 2.53. The van der Waals surface area contributed by atoms with Gasteiger partial charge in [-0.3, -0.25) is 0 Å². The Morgan fingerprint density at radius 2 is 2.19 bits per heavy atom. The summed E-state index contributed by atoms with van der Waals surface area (Å²) in [5.74, 6) is 0.208. The summed E-state index contributed by atoms with van der Waals surface area (Å²) in [5, 5.41) is 6.55. The van der Waals surface area contributed by atoms with Gasteiger partial charge in [0.05, 0.1) is 0 Å². The van der Waals surface area contributed by atoms with Crippen molar-refractivity contribution in [1.29, 1.82) is 0 Å². The van der Waals surface area contributed by atoms with Gasteiger partial charge in [-0.2, -0.15) is 8.78 Å². The van der Waals surface area contributed by atoms with Gasteiger partial charge in [0.25, 0.3) is 0 Å². The largest absolute Gasteiger partial charge is 0.435 e. The van der Waals surface area contributed by atoms with Crippen LogP contribution in [0.15, 0.2) is 24.3 Å². The summed E-state index contributed by atoms with van der Waals surface area (Å²) in [5.41, 5.74) is 0.963. The molecular formula is C11H14F2N2O. The van der Waals surface area contributed by atoms with E-state index in [1.165, 1.54) is 6.07 Å². The van der Waals surface area contributed by atoms with Crippen LogP contribution in [0.3, 0.4) is 0 Å². The van der Waals surface area contributed by atoms with Crippen LogP contribution >= 0.6 is 0 Å². The molecule has 1 saturated heterocycles. The zero-order chi connectivity index (χ0) is 11.4. The van der Waals surface area contributed by atoms with E-state index >= 15 is 0 Å². The maximum atomic E-state index is 12.0. The molecule has 1 aromatic carbocycles. The lowest BCUT2D eigenvalue weighted by Crippen LogP contribution is -2.42. The Morgan fingerprint density at radius 1 is 1.31 bits per heavy atom. The Hall–Kier alpha value is -1.20. The number of hydrogen-bond donors (Lipinski definition) is 2. The van der Waals surface area contributed by atoms with Crippen LogP contribution in [0.4, 0.5) is 8.78 Å². The summed E-state index contributed by atoms with van der Waals surface area (Å²) in [6, 6.07) is 6.98. The highest BCUT2D eigenvalue weighted by molar-refractivity contribution is 5.31. The molecule has 1 aliphatic heterocycles. The van der Waals surface area contributed by atoms with Gasteiger partial charge >= 0.3 is 6.61 Å². The lowest BCUT2D eigenvalue weighted by molar-refractivity contribution is -0.0499. The van der Waals surface area contributed by atoms with Gasteiger partial charge in [0.2, 0.25) is 0 Å². The summed E-state index contributed by atoms with van der Waals surface area (Å²) < 4.78 is 28.5. The fourth-order valence-corrected chi connectivity index (χ4v) is 1.80. The third kappa shape index (κ3) is 2.90. The Bertz CT molecular complexity index is 341. The highest BCUT2D eigenvalue weighted by atomic mass is 19.3. The topological polar surface area (TPSA) is 33.3 Å². The molecule has 1 heterocycles. The van der Waals surface area contributed by atoms with Crippen LogP contribution in [0.2, 0.25) is 0 Å². The standard InChI is InChI=1S/C11H14F2N2O/c12-11(13)16-9-3-1-2-8(6-9)10-7-14-4-5-15-10/h1-3,6,10-11,14-15H,4-5,7H2/t10-/m1/s1. The molecule has 0 bridgehead atoms. The lowest BCUT2D eigenvalue weighted by atomic mass is 10.1. The molecule has 3 nitrogen and oxygen atoms in total. The van der Waals surface area contributed by atoms with Crippen molar-refractivity contribution in [2.24, 2.45) is 0 Å². The summed E-state index contributed by atoms with van der Waals surface area (Å²) >= 11 is 0. The van der Waals surface area contributed by atoms with E-state index in [1.54, 1.807) is 12.1 Å². The molecule has 0 saturated carbocycles. The molecule has 0 radical (unpaired) electrons. The smallest absolute Gasteiger partial charge is 0.387 e. The van der Waals surface area contributed by atoms with Crippen molar-refractivity contribution in [2.75, 3.05) is 19.6 Å². The van der Waals surface area contributed by atoms with E-state index < -0.39 is 6.61 Å². The van der Waals surface area contributed by atoms with Crippen LogP contribution in [0.5, 0.6) is 5.75 Å². The Labute approximate surface area is 92.8 Å². The van der Waals surface area contributed by atoms with Gasteiger partial charge in [0.1, 0.15) is 5.75 Å². The van der Waals surface area contributed by atoms with Gasteiger partial charge in [0, 0.05) is 25.7 Å². The van der Waals surface area contributed by atoms with Crippen LogP contribution in [0.1, 0.15) is 11.6 Å². The van der Waals surface area contributed by atoms with Crippen molar-refractivity contribution in [3.8, 4) is 5.75 Å². The van der Waals surface area contributed by atoms with E-state index in [2.05, 4.69) is 15.4 Å². The second kappa shape index (κ2) is 5.23. The zero-order valence-electron chi connectivity index (χ0n) is 8.75. The molecule has 0 aliphatic carbocycles. The SMILES string of the molecule is FC(F)Oc1cccc([C@H]2CNCCN2)c1. The van der Waals surface area contributed by atoms with Gasteiger partial charge in [-0.25, -0.2) is 0 Å². The summed E-state index contributed by atoms with van der Waals surface area (Å²) in [7, 11) is 0. The first kappa shape index (κ1) is 11.3. The monoisotopic (exact) mass is 228 g/mol. The number of benzene rings is 1. The Morgan fingerprint density at radius 3 is 2.88 bits per heavy atom. The number of rotatable bonds is 3. The first-order valence-corrected chi connectivity index (χ1v) is 5.24. The molecule has 1 aromatic rings. The minimum absolute atomic E-state index is 0.162. The Kier molecular flexibility index (Phi) is 3.69. The molecule has 0 aromatic heterocycles. The van der Waals surface area contributed by atoms with Crippen LogP contribution in [0, 0.1) is 0 Å². The van der Waals surface area contributed by atoms with E-state index in [0.717, 1.165) is 25.2 Å². The first-order valence-electron chi connectivity index (χ1n) is 5.24. The molecule has 1 fully saturated rings. The van der Waals surface area contributed by atoms with E-state index in [0.29, 0.717) is 0 Å². The molecule has 16 heavy (non-hydrogen) atoms. The highest BCUT2D eigenvalue weighted by Gasteiger charge is 2.15. The van der Waals surface area contributed by atoms with Crippen molar-refractivity contribution in [2.45, 2.75) is 12.7 Å². The highest BCUT2D eigenvalue weighted by Crippen LogP contribution is 2.21. The van der Waals surface area contributed by atoms with Crippen molar-refractivity contribution in [3.05, 3.63) is 29.8 Å². The number of piperazine rings is 1. The molecule has 1 atom stereocenters. The van der Waals surface area contributed by atoms with E-state index in [1.807, 2.05) is 6.07 Å². The molecule has 0 spiro atoms. The quantitative estimate of drug-likeness (QED) is 0.823. The van der Waals surface area contributed by atoms with Crippen LogP contribution in [-0.4, -0.2) is 26.2 Å². The summed E-state index contributed by atoms with van der Waals surface area (Å²) in [4.78, 5) is 0. The maximum absolute atomic E-state index is 12.0. The molecule has 88 valence electrons. The van der Waals surface area contributed by atoms with E-state index in [9.17, 15) is 8.78 Å². The Balaban J connectivity index is 2.08. The summed E-state index contributed by atoms with van der Waals surface area (Å²) in [6.07, 6.45) is 0. The maximum Gasteiger partial charge on any atom is 0.387 e.